The van der Waals surface area contributed by atoms with Crippen LogP contribution in [0.1, 0.15) is 49.7 Å². The number of benzene rings is 1. The van der Waals surface area contributed by atoms with Crippen molar-refractivity contribution in [3.8, 4) is 11.3 Å². The Balaban J connectivity index is 2.14. The quantitative estimate of drug-likeness (QED) is 0.517. The minimum absolute atomic E-state index is 0.682. The van der Waals surface area contributed by atoms with Crippen molar-refractivity contribution in [2.75, 3.05) is 0 Å². The molecule has 3 rings (SSSR count). The highest BCUT2D eigenvalue weighted by Gasteiger charge is 2.32. The zero-order valence-electron chi connectivity index (χ0n) is 16.9. The molecule has 0 N–H and O–H groups in total. The van der Waals surface area contributed by atoms with Crippen LogP contribution in [0.4, 0.5) is 0 Å². The number of aromatic nitrogens is 1. The van der Waals surface area contributed by atoms with E-state index in [-0.39, 0.29) is 0 Å². The van der Waals surface area contributed by atoms with Gasteiger partial charge in [0.1, 0.15) is 7.05 Å². The van der Waals surface area contributed by atoms with E-state index in [4.69, 9.17) is 0 Å². The highest BCUT2D eigenvalue weighted by atomic mass is 28.3. The lowest BCUT2D eigenvalue weighted by atomic mass is 9.87. The van der Waals surface area contributed by atoms with Gasteiger partial charge in [-0.15, -0.1) is 0 Å². The number of hydrogen-bond acceptors (Lipinski definition) is 0. The third-order valence-corrected chi connectivity index (χ3v) is 8.18. The molecule has 1 saturated carbocycles. The SMILES string of the molecule is Cc1ccccc1-c1cc([Si](C)(C)C)c(C(C)C2CCCC2)c[n+]1C. The number of rotatable bonds is 4. The third kappa shape index (κ3) is 3.74. The van der Waals surface area contributed by atoms with Crippen LogP contribution in [0, 0.1) is 12.8 Å². The predicted octanol–water partition coefficient (Wildman–Crippen LogP) is 5.33. The van der Waals surface area contributed by atoms with E-state index in [9.17, 15) is 0 Å². The van der Waals surface area contributed by atoms with E-state index in [1.54, 1.807) is 10.8 Å². The minimum atomic E-state index is -1.41. The summed E-state index contributed by atoms with van der Waals surface area (Å²) in [6.07, 6.45) is 8.12. The molecule has 2 heteroatoms. The van der Waals surface area contributed by atoms with E-state index in [1.165, 1.54) is 42.5 Å². The Morgan fingerprint density at radius 1 is 1.08 bits per heavy atom. The van der Waals surface area contributed by atoms with Crippen molar-refractivity contribution in [2.24, 2.45) is 13.0 Å². The van der Waals surface area contributed by atoms with Crippen LogP contribution >= 0.6 is 0 Å². The highest BCUT2D eigenvalue weighted by molar-refractivity contribution is 6.89. The lowest BCUT2D eigenvalue weighted by molar-refractivity contribution is -0.660. The summed E-state index contributed by atoms with van der Waals surface area (Å²) in [5.74, 6) is 1.56. The summed E-state index contributed by atoms with van der Waals surface area (Å²) in [5.41, 5.74) is 5.70. The van der Waals surface area contributed by atoms with E-state index in [2.05, 4.69) is 81.6 Å². The van der Waals surface area contributed by atoms with Gasteiger partial charge >= 0.3 is 0 Å². The molecule has 1 aromatic carbocycles. The van der Waals surface area contributed by atoms with Crippen LogP contribution in [0.25, 0.3) is 11.3 Å². The van der Waals surface area contributed by atoms with E-state index in [0.29, 0.717) is 5.92 Å². The van der Waals surface area contributed by atoms with Crippen LogP contribution in [-0.4, -0.2) is 8.07 Å². The summed E-state index contributed by atoms with van der Waals surface area (Å²) < 4.78 is 2.37. The first-order valence-electron chi connectivity index (χ1n) is 9.89. The standard InChI is InChI=1S/C23H34NSi/c1-17-11-7-10-14-20(17)22-15-23(25(4,5)6)21(16-24(22)3)18(2)19-12-8-9-13-19/h7,10-11,14-16,18-19H,8-9,12-13H2,1-6H3/q+1. The van der Waals surface area contributed by atoms with Gasteiger partial charge in [-0.05, 0) is 48.4 Å². The largest absolute Gasteiger partial charge is 0.212 e. The molecule has 0 amide bonds. The first kappa shape index (κ1) is 18.4. The molecule has 0 saturated heterocycles. The maximum Gasteiger partial charge on any atom is 0.212 e. The maximum absolute atomic E-state index is 2.52. The van der Waals surface area contributed by atoms with Crippen LogP contribution in [-0.2, 0) is 7.05 Å². The topological polar surface area (TPSA) is 3.88 Å². The normalized spacial score (nSPS) is 17.0. The van der Waals surface area contributed by atoms with Crippen molar-refractivity contribution in [2.45, 2.75) is 65.1 Å². The fourth-order valence-electron chi connectivity index (χ4n) is 4.52. The average molecular weight is 353 g/mol. The Morgan fingerprint density at radius 3 is 2.32 bits per heavy atom. The molecular formula is C23H34NSi+. The Morgan fingerprint density at radius 2 is 1.72 bits per heavy atom. The van der Waals surface area contributed by atoms with Crippen molar-refractivity contribution in [3.63, 3.8) is 0 Å². The van der Waals surface area contributed by atoms with Gasteiger partial charge in [0, 0.05) is 17.2 Å². The van der Waals surface area contributed by atoms with E-state index in [1.807, 2.05) is 0 Å². The first-order chi connectivity index (χ1) is 11.8. The zero-order valence-corrected chi connectivity index (χ0v) is 17.9. The van der Waals surface area contributed by atoms with Crippen molar-refractivity contribution in [1.29, 1.82) is 0 Å². The summed E-state index contributed by atoms with van der Waals surface area (Å²) in [7, 11) is 0.813. The summed E-state index contributed by atoms with van der Waals surface area (Å²) in [5, 5.41) is 1.66. The van der Waals surface area contributed by atoms with Gasteiger partial charge in [-0.25, -0.2) is 4.57 Å². The second-order valence-electron chi connectivity index (χ2n) is 9.04. The summed E-state index contributed by atoms with van der Waals surface area (Å²) in [6.45, 7) is 12.2. The number of aryl methyl sites for hydroxylation is 2. The molecular weight excluding hydrogens is 318 g/mol. The second kappa shape index (κ2) is 7.07. The van der Waals surface area contributed by atoms with Crippen LogP contribution in [0.3, 0.4) is 0 Å². The van der Waals surface area contributed by atoms with Gasteiger partial charge in [0.2, 0.25) is 5.69 Å². The van der Waals surface area contributed by atoms with Gasteiger partial charge in [-0.3, -0.25) is 0 Å². The lowest BCUT2D eigenvalue weighted by Crippen LogP contribution is -2.46. The molecule has 1 atom stereocenters. The number of hydrogen-bond donors (Lipinski definition) is 0. The molecule has 0 bridgehead atoms. The molecule has 1 heterocycles. The molecule has 134 valence electrons. The van der Waals surface area contributed by atoms with E-state index >= 15 is 0 Å². The Labute approximate surface area is 155 Å². The van der Waals surface area contributed by atoms with Gasteiger partial charge in [0.15, 0.2) is 6.20 Å². The third-order valence-electron chi connectivity index (χ3n) is 6.13. The smallest absolute Gasteiger partial charge is 0.201 e. The average Bonchev–Trinajstić information content (AvgIpc) is 3.08. The van der Waals surface area contributed by atoms with E-state index < -0.39 is 8.07 Å². The molecule has 0 aliphatic heterocycles. The van der Waals surface area contributed by atoms with Crippen molar-refractivity contribution >= 4 is 13.3 Å². The number of pyridine rings is 1. The Hall–Kier alpha value is -1.41. The monoisotopic (exact) mass is 352 g/mol. The molecule has 1 fully saturated rings. The minimum Gasteiger partial charge on any atom is -0.201 e. The Kier molecular flexibility index (Phi) is 5.20. The van der Waals surface area contributed by atoms with Crippen LogP contribution in [0.2, 0.25) is 19.6 Å². The maximum atomic E-state index is 2.52. The molecule has 0 radical (unpaired) electrons. The summed E-state index contributed by atoms with van der Waals surface area (Å²) in [4.78, 5) is 0. The lowest BCUT2D eigenvalue weighted by Gasteiger charge is -2.27. The summed E-state index contributed by atoms with van der Waals surface area (Å²) in [6, 6.07) is 11.3. The van der Waals surface area contributed by atoms with Gasteiger partial charge in [-0.1, -0.05) is 57.6 Å². The molecule has 1 unspecified atom stereocenters. The Bertz CT molecular complexity index is 751. The molecule has 2 aromatic rings. The molecule has 1 aromatic heterocycles. The second-order valence-corrected chi connectivity index (χ2v) is 14.1. The van der Waals surface area contributed by atoms with Crippen molar-refractivity contribution in [3.05, 3.63) is 47.7 Å². The predicted molar refractivity (Wildman–Crippen MR) is 111 cm³/mol. The fourth-order valence-corrected chi connectivity index (χ4v) is 6.25. The fraction of sp³-hybridized carbons (Fsp3) is 0.522. The van der Waals surface area contributed by atoms with Crippen LogP contribution < -0.4 is 9.75 Å². The molecule has 0 spiro atoms. The van der Waals surface area contributed by atoms with E-state index in [0.717, 1.165) is 5.92 Å². The zero-order chi connectivity index (χ0) is 18.2. The first-order valence-corrected chi connectivity index (χ1v) is 13.4. The van der Waals surface area contributed by atoms with Crippen molar-refractivity contribution in [1.82, 2.24) is 0 Å². The highest BCUT2D eigenvalue weighted by Crippen LogP contribution is 2.37. The summed E-state index contributed by atoms with van der Waals surface area (Å²) >= 11 is 0. The van der Waals surface area contributed by atoms with Crippen LogP contribution in [0.15, 0.2) is 36.5 Å². The van der Waals surface area contributed by atoms with Crippen molar-refractivity contribution < 1.29 is 4.57 Å². The number of nitrogens with zero attached hydrogens (tertiary/aromatic N) is 1. The van der Waals surface area contributed by atoms with Gasteiger partial charge < -0.3 is 0 Å². The van der Waals surface area contributed by atoms with Crippen LogP contribution in [0.5, 0.6) is 0 Å². The van der Waals surface area contributed by atoms with Gasteiger partial charge in [0.05, 0.1) is 8.07 Å². The molecule has 1 aliphatic rings. The molecule has 25 heavy (non-hydrogen) atoms. The van der Waals surface area contributed by atoms with Gasteiger partial charge in [-0.2, -0.15) is 0 Å². The van der Waals surface area contributed by atoms with Gasteiger partial charge in [0.25, 0.3) is 0 Å². The molecule has 1 nitrogen and oxygen atoms in total. The molecule has 1 aliphatic carbocycles.